The zero-order chi connectivity index (χ0) is 12.3. The Bertz CT molecular complexity index is 384. The Morgan fingerprint density at radius 2 is 2.18 bits per heavy atom. The van der Waals surface area contributed by atoms with Crippen molar-refractivity contribution in [1.29, 1.82) is 0 Å². The van der Waals surface area contributed by atoms with Gasteiger partial charge in [-0.3, -0.25) is 0 Å². The van der Waals surface area contributed by atoms with E-state index in [-0.39, 0.29) is 11.6 Å². The Labute approximate surface area is 105 Å². The summed E-state index contributed by atoms with van der Waals surface area (Å²) in [5.41, 5.74) is 0. The number of hydrogen-bond donors (Lipinski definition) is 1. The molecule has 2 unspecified atom stereocenters. The number of thioether (sulfide) groups is 1. The van der Waals surface area contributed by atoms with Crippen molar-refractivity contribution in [2.45, 2.75) is 42.4 Å². The van der Waals surface area contributed by atoms with Gasteiger partial charge in [-0.15, -0.1) is 11.8 Å². The van der Waals surface area contributed by atoms with Crippen LogP contribution in [0.4, 0.5) is 8.78 Å². The van der Waals surface area contributed by atoms with Crippen LogP contribution in [0, 0.1) is 11.6 Å². The maximum Gasteiger partial charge on any atom is 0.136 e. The predicted octanol–water partition coefficient (Wildman–Crippen LogP) is 3.59. The Morgan fingerprint density at radius 1 is 1.35 bits per heavy atom. The summed E-state index contributed by atoms with van der Waals surface area (Å²) >= 11 is 1.47. The number of rotatable bonds is 4. The van der Waals surface area contributed by atoms with E-state index in [0.29, 0.717) is 16.2 Å². The van der Waals surface area contributed by atoms with Crippen molar-refractivity contribution >= 4 is 11.8 Å². The maximum absolute atomic E-state index is 13.5. The van der Waals surface area contributed by atoms with Gasteiger partial charge in [-0.1, -0.05) is 6.92 Å². The average Bonchev–Trinajstić information content (AvgIpc) is 2.72. The normalized spacial score (nSPS) is 24.2. The minimum atomic E-state index is -0.366. The molecular weight excluding hydrogens is 240 g/mol. The van der Waals surface area contributed by atoms with Crippen LogP contribution in [-0.2, 0) is 0 Å². The highest BCUT2D eigenvalue weighted by molar-refractivity contribution is 8.00. The second-order valence-electron chi connectivity index (χ2n) is 4.38. The molecule has 17 heavy (non-hydrogen) atoms. The van der Waals surface area contributed by atoms with Gasteiger partial charge in [0.2, 0.25) is 0 Å². The van der Waals surface area contributed by atoms with Gasteiger partial charge in [0.1, 0.15) is 11.6 Å². The lowest BCUT2D eigenvalue weighted by atomic mass is 10.2. The number of benzene rings is 1. The monoisotopic (exact) mass is 257 g/mol. The predicted molar refractivity (Wildman–Crippen MR) is 67.3 cm³/mol. The van der Waals surface area contributed by atoms with E-state index >= 15 is 0 Å². The minimum Gasteiger partial charge on any atom is -0.314 e. The standard InChI is InChI=1S/C13H17F2NS/c1-2-16-10-4-5-11(8-10)17-13-7-9(14)3-6-12(13)15/h3,6-7,10-11,16H,2,4-5,8H2,1H3. The molecule has 0 spiro atoms. The molecule has 0 amide bonds. The topological polar surface area (TPSA) is 12.0 Å². The molecule has 0 heterocycles. The van der Waals surface area contributed by atoms with Crippen molar-refractivity contribution in [3.8, 4) is 0 Å². The van der Waals surface area contributed by atoms with Crippen molar-refractivity contribution in [2.75, 3.05) is 6.54 Å². The summed E-state index contributed by atoms with van der Waals surface area (Å²) < 4.78 is 26.5. The summed E-state index contributed by atoms with van der Waals surface area (Å²) in [6, 6.07) is 4.19. The van der Waals surface area contributed by atoms with E-state index in [1.54, 1.807) is 0 Å². The molecular formula is C13H17F2NS. The molecule has 1 aromatic rings. The SMILES string of the molecule is CCNC1CCC(Sc2cc(F)ccc2F)C1. The lowest BCUT2D eigenvalue weighted by Gasteiger charge is -2.12. The molecule has 1 aliphatic rings. The first-order chi connectivity index (χ1) is 8.19. The van der Waals surface area contributed by atoms with Crippen LogP contribution in [0.25, 0.3) is 0 Å². The van der Waals surface area contributed by atoms with Crippen molar-refractivity contribution in [1.82, 2.24) is 5.32 Å². The first kappa shape index (κ1) is 12.8. The van der Waals surface area contributed by atoms with E-state index in [1.807, 2.05) is 0 Å². The molecule has 1 aromatic carbocycles. The largest absolute Gasteiger partial charge is 0.314 e. The van der Waals surface area contributed by atoms with Crippen molar-refractivity contribution in [2.24, 2.45) is 0 Å². The summed E-state index contributed by atoms with van der Waals surface area (Å²) in [5.74, 6) is -0.682. The molecule has 1 nitrogen and oxygen atoms in total. The molecule has 0 aromatic heterocycles. The average molecular weight is 257 g/mol. The zero-order valence-electron chi connectivity index (χ0n) is 9.88. The highest BCUT2D eigenvalue weighted by Gasteiger charge is 2.25. The van der Waals surface area contributed by atoms with E-state index in [4.69, 9.17) is 0 Å². The number of hydrogen-bond acceptors (Lipinski definition) is 2. The molecule has 1 saturated carbocycles. The molecule has 1 N–H and O–H groups in total. The molecule has 2 rings (SSSR count). The first-order valence-corrected chi connectivity index (χ1v) is 6.92. The first-order valence-electron chi connectivity index (χ1n) is 6.04. The third-order valence-electron chi connectivity index (χ3n) is 3.06. The number of halogens is 2. The van der Waals surface area contributed by atoms with Gasteiger partial charge in [-0.05, 0) is 44.0 Å². The second kappa shape index (κ2) is 5.83. The van der Waals surface area contributed by atoms with Crippen LogP contribution in [-0.4, -0.2) is 17.8 Å². The maximum atomic E-state index is 13.5. The Morgan fingerprint density at radius 3 is 2.94 bits per heavy atom. The minimum absolute atomic E-state index is 0.316. The molecule has 0 aliphatic heterocycles. The molecule has 4 heteroatoms. The van der Waals surface area contributed by atoms with Crippen LogP contribution in [0.2, 0.25) is 0 Å². The van der Waals surface area contributed by atoms with Crippen LogP contribution in [0.3, 0.4) is 0 Å². The summed E-state index contributed by atoms with van der Waals surface area (Å²) in [4.78, 5) is 0.437. The van der Waals surface area contributed by atoms with Gasteiger partial charge in [0, 0.05) is 16.2 Å². The molecule has 0 radical (unpaired) electrons. The quantitative estimate of drug-likeness (QED) is 0.884. The van der Waals surface area contributed by atoms with Crippen molar-refractivity contribution in [3.63, 3.8) is 0 Å². The molecule has 0 bridgehead atoms. The van der Waals surface area contributed by atoms with Gasteiger partial charge in [0.15, 0.2) is 0 Å². The molecule has 94 valence electrons. The molecule has 1 aliphatic carbocycles. The van der Waals surface area contributed by atoms with Gasteiger partial charge in [0.05, 0.1) is 0 Å². The van der Waals surface area contributed by atoms with Gasteiger partial charge in [-0.25, -0.2) is 8.78 Å². The van der Waals surface area contributed by atoms with Gasteiger partial charge >= 0.3 is 0 Å². The molecule has 1 fully saturated rings. The highest BCUT2D eigenvalue weighted by Crippen LogP contribution is 2.36. The van der Waals surface area contributed by atoms with E-state index in [1.165, 1.54) is 23.9 Å². The fourth-order valence-electron chi connectivity index (χ4n) is 2.27. The molecule has 2 atom stereocenters. The lowest BCUT2D eigenvalue weighted by Crippen LogP contribution is -2.26. The van der Waals surface area contributed by atoms with Crippen LogP contribution < -0.4 is 5.32 Å². The zero-order valence-corrected chi connectivity index (χ0v) is 10.7. The van der Waals surface area contributed by atoms with Crippen LogP contribution >= 0.6 is 11.8 Å². The van der Waals surface area contributed by atoms with E-state index in [9.17, 15) is 8.78 Å². The van der Waals surface area contributed by atoms with E-state index < -0.39 is 0 Å². The van der Waals surface area contributed by atoms with Crippen molar-refractivity contribution in [3.05, 3.63) is 29.8 Å². The third-order valence-corrected chi connectivity index (χ3v) is 4.39. The van der Waals surface area contributed by atoms with Crippen LogP contribution in [0.5, 0.6) is 0 Å². The van der Waals surface area contributed by atoms with Crippen molar-refractivity contribution < 1.29 is 8.78 Å². The van der Waals surface area contributed by atoms with Gasteiger partial charge in [-0.2, -0.15) is 0 Å². The summed E-state index contributed by atoms with van der Waals surface area (Å²) in [7, 11) is 0. The summed E-state index contributed by atoms with van der Waals surface area (Å²) in [5, 5.41) is 3.80. The van der Waals surface area contributed by atoms with Crippen LogP contribution in [0.15, 0.2) is 23.1 Å². The van der Waals surface area contributed by atoms with Crippen LogP contribution in [0.1, 0.15) is 26.2 Å². The molecule has 0 saturated heterocycles. The third kappa shape index (κ3) is 3.42. The Kier molecular flexibility index (Phi) is 4.40. The fraction of sp³-hybridized carbons (Fsp3) is 0.538. The van der Waals surface area contributed by atoms with E-state index in [2.05, 4.69) is 12.2 Å². The Balaban J connectivity index is 1.95. The highest BCUT2D eigenvalue weighted by atomic mass is 32.2. The second-order valence-corrected chi connectivity index (χ2v) is 5.72. The fourth-order valence-corrected chi connectivity index (χ4v) is 3.57. The smallest absolute Gasteiger partial charge is 0.136 e. The summed E-state index contributed by atoms with van der Waals surface area (Å²) in [6.45, 7) is 3.06. The Hall–Kier alpha value is -0.610. The number of nitrogens with one attached hydrogen (secondary N) is 1. The van der Waals surface area contributed by atoms with Gasteiger partial charge < -0.3 is 5.32 Å². The van der Waals surface area contributed by atoms with E-state index in [0.717, 1.165) is 31.9 Å². The lowest BCUT2D eigenvalue weighted by molar-refractivity contribution is 0.543. The summed E-state index contributed by atoms with van der Waals surface area (Å²) in [6.07, 6.45) is 3.23. The van der Waals surface area contributed by atoms with Gasteiger partial charge in [0.25, 0.3) is 0 Å².